The van der Waals surface area contributed by atoms with Crippen LogP contribution in [0.5, 0.6) is 0 Å². The van der Waals surface area contributed by atoms with E-state index in [0.29, 0.717) is 38.9 Å². The molecule has 0 aliphatic carbocycles. The minimum Gasteiger partial charge on any atom is -0.395 e. The lowest BCUT2D eigenvalue weighted by Crippen LogP contribution is -2.66. The monoisotopic (exact) mass is 1230 g/mol. The number of Topliss-reactive ketones (excluding diaryl/α,β-unsaturated/α-hetero) is 1. The Morgan fingerprint density at radius 1 is 0.552 bits per heavy atom. The predicted octanol–water partition coefficient (Wildman–Crippen LogP) is 3.23. The van der Waals surface area contributed by atoms with Gasteiger partial charge in [0.25, 0.3) is 0 Å². The van der Waals surface area contributed by atoms with Gasteiger partial charge in [-0.25, -0.2) is 0 Å². The normalized spacial score (nSPS) is 16.5. The molecule has 500 valence electrons. The summed E-state index contributed by atoms with van der Waals surface area (Å²) in [5.74, 6) is -6.63. The first-order valence-electron chi connectivity index (χ1n) is 32.1. The van der Waals surface area contributed by atoms with Crippen molar-refractivity contribution in [1.82, 2.24) is 58.1 Å². The molecule has 12 N–H and O–H groups in total. The molecular weight excluding hydrogens is 1120 g/mol. The zero-order chi connectivity index (χ0) is 66.4. The molecule has 0 spiro atoms. The van der Waals surface area contributed by atoms with Crippen LogP contribution < -0.4 is 53.2 Å². The van der Waals surface area contributed by atoms with Gasteiger partial charge in [0, 0.05) is 57.9 Å². The molecule has 1 saturated heterocycles. The third-order valence-electron chi connectivity index (χ3n) is 15.4. The number of aliphatic hydroxyl groups excluding tert-OH is 2. The molecular formula is C63H115N11O13. The average molecular weight is 1230 g/mol. The number of hydrogen-bond donors (Lipinski definition) is 12. The second-order valence-electron chi connectivity index (χ2n) is 26.7. The van der Waals surface area contributed by atoms with Crippen LogP contribution in [0, 0.1) is 23.7 Å². The molecule has 24 nitrogen and oxygen atoms in total. The molecule has 1 rings (SSSR count). The van der Waals surface area contributed by atoms with Crippen molar-refractivity contribution >= 4 is 64.9 Å². The Morgan fingerprint density at radius 3 is 1.62 bits per heavy atom. The van der Waals surface area contributed by atoms with Crippen LogP contribution >= 0.6 is 0 Å². The van der Waals surface area contributed by atoms with Crippen molar-refractivity contribution in [3.8, 4) is 0 Å². The minimum absolute atomic E-state index is 0.000749. The molecule has 0 radical (unpaired) electrons. The van der Waals surface area contributed by atoms with Crippen molar-refractivity contribution < 1.29 is 63.0 Å². The summed E-state index contributed by atoms with van der Waals surface area (Å²) in [5.41, 5.74) is -5.03. The highest BCUT2D eigenvalue weighted by Crippen LogP contribution is 2.23. The highest BCUT2D eigenvalue weighted by molar-refractivity contribution is 6.00. The first-order valence-corrected chi connectivity index (χ1v) is 32.1. The highest BCUT2D eigenvalue weighted by Gasteiger charge is 2.42. The van der Waals surface area contributed by atoms with Crippen molar-refractivity contribution in [2.24, 2.45) is 23.7 Å². The Bertz CT molecular complexity index is 2240. The lowest BCUT2D eigenvalue weighted by Gasteiger charge is -2.35. The van der Waals surface area contributed by atoms with Crippen LogP contribution in [0.1, 0.15) is 220 Å². The Labute approximate surface area is 519 Å². The van der Waals surface area contributed by atoms with Gasteiger partial charge < -0.3 is 68.3 Å². The van der Waals surface area contributed by atoms with E-state index in [4.69, 9.17) is 5.11 Å². The summed E-state index contributed by atoms with van der Waals surface area (Å²) in [6.07, 6.45) is 6.33. The van der Waals surface area contributed by atoms with Crippen LogP contribution in [0.2, 0.25) is 0 Å². The number of unbranched alkanes of at least 4 members (excludes halogenated alkanes) is 3. The number of likely N-dealkylation sites (tertiary alicyclic amines) is 1. The minimum atomic E-state index is -1.71. The fourth-order valence-corrected chi connectivity index (χ4v) is 10.3. The molecule has 87 heavy (non-hydrogen) atoms. The van der Waals surface area contributed by atoms with Crippen LogP contribution in [0.15, 0.2) is 0 Å². The number of carbonyl (C=O) groups excluding carboxylic acids is 11. The third kappa shape index (κ3) is 30.3. The number of nitrogens with zero attached hydrogens (tertiary/aromatic N) is 1. The van der Waals surface area contributed by atoms with Gasteiger partial charge in [-0.05, 0) is 124 Å². The molecule has 0 aromatic carbocycles. The second kappa shape index (κ2) is 39.3. The average Bonchev–Trinajstić information content (AvgIpc) is 3.31. The molecule has 9 atom stereocenters. The summed E-state index contributed by atoms with van der Waals surface area (Å²) in [5, 5.41) is 47.8. The summed E-state index contributed by atoms with van der Waals surface area (Å²) in [6, 6.07) is -5.68. The van der Waals surface area contributed by atoms with E-state index in [0.717, 1.165) is 32.1 Å². The summed E-state index contributed by atoms with van der Waals surface area (Å²) in [6.45, 7) is 28.5. The van der Waals surface area contributed by atoms with Crippen LogP contribution in [0.3, 0.4) is 0 Å². The van der Waals surface area contributed by atoms with Gasteiger partial charge in [-0.15, -0.1) is 0 Å². The topological polar surface area (TPSA) is 352 Å². The molecule has 1 aliphatic heterocycles. The Kier molecular flexibility index (Phi) is 35.8. The van der Waals surface area contributed by atoms with Gasteiger partial charge in [-0.1, -0.05) is 94.4 Å². The highest BCUT2D eigenvalue weighted by atomic mass is 16.3. The largest absolute Gasteiger partial charge is 0.395 e. The zero-order valence-corrected chi connectivity index (χ0v) is 55.7. The molecule has 0 aromatic rings. The van der Waals surface area contributed by atoms with E-state index < -0.39 is 106 Å². The number of hydrogen-bond acceptors (Lipinski definition) is 14. The first kappa shape index (κ1) is 79.3. The number of carbonyl (C=O) groups is 11. The number of amides is 10. The van der Waals surface area contributed by atoms with Crippen LogP contribution in [-0.4, -0.2) is 172 Å². The van der Waals surface area contributed by atoms with E-state index >= 15 is 0 Å². The van der Waals surface area contributed by atoms with Gasteiger partial charge in [0.15, 0.2) is 0 Å². The van der Waals surface area contributed by atoms with E-state index in [9.17, 15) is 57.8 Å². The van der Waals surface area contributed by atoms with Crippen molar-refractivity contribution in [3.63, 3.8) is 0 Å². The fraction of sp³-hybridized carbons (Fsp3) is 0.825. The molecule has 0 saturated carbocycles. The van der Waals surface area contributed by atoms with E-state index in [-0.39, 0.29) is 112 Å². The van der Waals surface area contributed by atoms with Crippen molar-refractivity contribution in [1.29, 1.82) is 0 Å². The predicted molar refractivity (Wildman–Crippen MR) is 335 cm³/mol. The maximum Gasteiger partial charge on any atom is 0.246 e. The van der Waals surface area contributed by atoms with Gasteiger partial charge in [0.2, 0.25) is 59.1 Å². The Morgan fingerprint density at radius 2 is 1.08 bits per heavy atom. The van der Waals surface area contributed by atoms with Crippen molar-refractivity contribution in [2.45, 2.75) is 279 Å². The maximum absolute atomic E-state index is 14.6. The van der Waals surface area contributed by atoms with Gasteiger partial charge >= 0.3 is 0 Å². The van der Waals surface area contributed by atoms with Crippen LogP contribution in [0.4, 0.5) is 0 Å². The van der Waals surface area contributed by atoms with Crippen molar-refractivity contribution in [3.05, 3.63) is 0 Å². The quantitative estimate of drug-likeness (QED) is 0.0390. The Balaban J connectivity index is 3.42. The molecule has 1 fully saturated rings. The van der Waals surface area contributed by atoms with Gasteiger partial charge in [-0.3, -0.25) is 52.7 Å². The fourth-order valence-electron chi connectivity index (χ4n) is 10.3. The summed E-state index contributed by atoms with van der Waals surface area (Å²) in [7, 11) is 0. The number of aliphatic hydroxyl groups is 2. The molecule has 10 amide bonds. The SMILES string of the molecule is CCCCCCC(C)C[C@H](NC(=O)C(C)(C)NC(=O)C(C)(C)NC(=O)[C@H](CC(C)CC(O)CC(=O)CC)NC(=O)[C@@H]1CCCN1C(=O)CCC)C(=O)N[C@@H](CC(C)C)C(=O)NC(C)(C)C(=O)N[C@@H](CC(C)C)C(=O)NCCC(=O)NC(C)CNCCO. The summed E-state index contributed by atoms with van der Waals surface area (Å²) >= 11 is 0. The molecule has 0 aromatic heterocycles. The van der Waals surface area contributed by atoms with E-state index in [2.05, 4.69) is 60.1 Å². The molecule has 1 aliphatic rings. The smallest absolute Gasteiger partial charge is 0.246 e. The lowest BCUT2D eigenvalue weighted by atomic mass is 9.92. The van der Waals surface area contributed by atoms with Gasteiger partial charge in [0.05, 0.1) is 12.7 Å². The first-order chi connectivity index (χ1) is 40.5. The molecule has 1 heterocycles. The second-order valence-corrected chi connectivity index (χ2v) is 26.7. The molecule has 0 bridgehead atoms. The third-order valence-corrected chi connectivity index (χ3v) is 15.4. The van der Waals surface area contributed by atoms with Crippen molar-refractivity contribution in [2.75, 3.05) is 32.8 Å². The molecule has 24 heteroatoms. The van der Waals surface area contributed by atoms with Gasteiger partial charge in [-0.2, -0.15) is 0 Å². The number of nitrogens with one attached hydrogen (secondary N) is 10. The van der Waals surface area contributed by atoms with E-state index in [1.807, 2.05) is 41.5 Å². The number of rotatable bonds is 43. The zero-order valence-electron chi connectivity index (χ0n) is 55.7. The summed E-state index contributed by atoms with van der Waals surface area (Å²) in [4.78, 5) is 152. The van der Waals surface area contributed by atoms with Crippen LogP contribution in [0.25, 0.3) is 0 Å². The number of ketones is 1. The van der Waals surface area contributed by atoms with E-state index in [1.165, 1.54) is 46.4 Å². The van der Waals surface area contributed by atoms with Gasteiger partial charge in [0.1, 0.15) is 52.6 Å². The standard InChI is InChI=1S/C63H115N11O13/c1-17-20-21-22-25-41(8)35-48(54(81)67-47(33-40(6)7)55(82)71-61(11,12)58(85)69-46(32-39(4)5)53(80)65-28-27-51(78)66-43(10)38-64-29-31-75)70-59(86)62(13,14)73-60(87)63(15,16)72-56(83)49(36-42(9)34-45(77)37-44(76)19-3)68-57(84)50-26-23-30-74(50)52(79)24-18-2/h39-43,45-50,64,75,77H,17-38H2,1-16H3,(H,65,80)(H,66,78)(H,67,81)(H,68,84)(H,69,85)(H,70,86)(H,71,82)(H,72,83)(H,73,87)/t41?,42?,43?,45?,46-,47-,48-,49-,50-/m0/s1. The lowest BCUT2D eigenvalue weighted by molar-refractivity contribution is -0.141. The summed E-state index contributed by atoms with van der Waals surface area (Å²) < 4.78 is 0. The van der Waals surface area contributed by atoms with E-state index in [1.54, 1.807) is 20.8 Å². The Hall–Kier alpha value is -5.75. The molecule has 4 unspecified atom stereocenters. The van der Waals surface area contributed by atoms with Crippen LogP contribution in [-0.2, 0) is 52.7 Å². The maximum atomic E-state index is 14.6.